The lowest BCUT2D eigenvalue weighted by atomic mass is 9.34. The maximum absolute atomic E-state index is 6.89. The first kappa shape index (κ1) is 28.8. The van der Waals surface area contributed by atoms with E-state index in [1.165, 1.54) is 65.0 Å². The molecule has 0 radical (unpaired) electrons. The quantitative estimate of drug-likeness (QED) is 0.134. The highest BCUT2D eigenvalue weighted by Crippen LogP contribution is 2.46. The lowest BCUT2D eigenvalue weighted by Crippen LogP contribution is -2.57. The van der Waals surface area contributed by atoms with Gasteiger partial charge in [0.05, 0.1) is 0 Å². The molecule has 0 aromatic heterocycles. The fourth-order valence-corrected chi connectivity index (χ4v) is 9.37. The summed E-state index contributed by atoms with van der Waals surface area (Å²) in [5.41, 5.74) is 7.99. The topological polar surface area (TPSA) is 18.5 Å². The lowest BCUT2D eigenvalue weighted by Gasteiger charge is -2.33. The number of fused-ring (bicyclic) bond motifs is 15. The van der Waals surface area contributed by atoms with Crippen LogP contribution in [0.1, 0.15) is 0 Å². The Balaban J connectivity index is 1.11. The van der Waals surface area contributed by atoms with Crippen molar-refractivity contribution in [3.05, 3.63) is 176 Å². The molecule has 0 aliphatic carbocycles. The number of para-hydroxylation sites is 2. The molecule has 0 saturated carbocycles. The van der Waals surface area contributed by atoms with Gasteiger partial charge in [0.15, 0.2) is 0 Å². The van der Waals surface area contributed by atoms with Crippen LogP contribution >= 0.6 is 0 Å². The summed E-state index contributed by atoms with van der Waals surface area (Å²) >= 11 is 0. The molecule has 2 aliphatic heterocycles. The van der Waals surface area contributed by atoms with Gasteiger partial charge in [-0.05, 0) is 106 Å². The van der Waals surface area contributed by atoms with Crippen molar-refractivity contribution in [2.75, 3.05) is 0 Å². The second-order valence-corrected chi connectivity index (χ2v) is 14.3. The van der Waals surface area contributed by atoms with Crippen molar-refractivity contribution in [1.82, 2.24) is 0 Å². The molecule has 53 heavy (non-hydrogen) atoms. The van der Waals surface area contributed by atoms with Gasteiger partial charge in [-0.15, -0.1) is 0 Å². The van der Waals surface area contributed by atoms with Gasteiger partial charge < -0.3 is 9.47 Å². The van der Waals surface area contributed by atoms with Crippen molar-refractivity contribution in [3.8, 4) is 45.3 Å². The Morgan fingerprint density at radius 1 is 0.321 bits per heavy atom. The highest BCUT2D eigenvalue weighted by Gasteiger charge is 2.40. The first-order valence-electron chi connectivity index (χ1n) is 18.3. The normalized spacial score (nSPS) is 12.8. The minimum absolute atomic E-state index is 0.0215. The van der Waals surface area contributed by atoms with Gasteiger partial charge in [0, 0.05) is 11.0 Å². The number of hydrogen-bond donors (Lipinski definition) is 0. The van der Waals surface area contributed by atoms with Crippen molar-refractivity contribution in [2.24, 2.45) is 0 Å². The van der Waals surface area contributed by atoms with E-state index in [1.54, 1.807) is 0 Å². The van der Waals surface area contributed by atoms with Crippen molar-refractivity contribution in [2.45, 2.75) is 0 Å². The Labute approximate surface area is 306 Å². The van der Waals surface area contributed by atoms with Crippen LogP contribution < -0.4 is 25.9 Å². The van der Waals surface area contributed by atoms with E-state index in [9.17, 15) is 0 Å². The molecule has 10 aromatic carbocycles. The van der Waals surface area contributed by atoms with E-state index in [0.29, 0.717) is 0 Å². The molecular formula is C50H29BO2. The molecule has 3 heteroatoms. The van der Waals surface area contributed by atoms with Crippen LogP contribution in [-0.4, -0.2) is 6.71 Å². The zero-order valence-electron chi connectivity index (χ0n) is 28.6. The van der Waals surface area contributed by atoms with Crippen LogP contribution in [0.4, 0.5) is 0 Å². The molecule has 12 rings (SSSR count). The van der Waals surface area contributed by atoms with Crippen LogP contribution in [0.2, 0.25) is 0 Å². The average Bonchev–Trinajstić information content (AvgIpc) is 3.23. The van der Waals surface area contributed by atoms with Gasteiger partial charge in [-0.1, -0.05) is 152 Å². The third kappa shape index (κ3) is 3.99. The fraction of sp³-hybridized carbons (Fsp3) is 0. The molecule has 2 aliphatic rings. The van der Waals surface area contributed by atoms with E-state index in [2.05, 4.69) is 158 Å². The van der Waals surface area contributed by atoms with Crippen molar-refractivity contribution < 1.29 is 9.47 Å². The highest BCUT2D eigenvalue weighted by atomic mass is 16.5. The minimum Gasteiger partial charge on any atom is -0.458 e. The number of rotatable bonds is 2. The second-order valence-electron chi connectivity index (χ2n) is 14.3. The van der Waals surface area contributed by atoms with Crippen molar-refractivity contribution in [3.63, 3.8) is 0 Å². The first-order valence-corrected chi connectivity index (χ1v) is 18.3. The summed E-state index contributed by atoms with van der Waals surface area (Å²) in [6, 6.07) is 63.7. The number of benzene rings is 10. The van der Waals surface area contributed by atoms with Crippen LogP contribution in [-0.2, 0) is 0 Å². The molecule has 0 N–H and O–H groups in total. The summed E-state index contributed by atoms with van der Waals surface area (Å²) in [4.78, 5) is 0. The van der Waals surface area contributed by atoms with Gasteiger partial charge in [-0.2, -0.15) is 0 Å². The third-order valence-corrected chi connectivity index (χ3v) is 11.6. The Hall–Kier alpha value is -6.84. The molecule has 2 nitrogen and oxygen atoms in total. The third-order valence-electron chi connectivity index (χ3n) is 11.6. The zero-order valence-corrected chi connectivity index (χ0v) is 28.6. The van der Waals surface area contributed by atoms with Gasteiger partial charge >= 0.3 is 0 Å². The molecule has 0 fully saturated rings. The van der Waals surface area contributed by atoms with E-state index in [-0.39, 0.29) is 6.71 Å². The molecule has 244 valence electrons. The Morgan fingerprint density at radius 3 is 1.53 bits per heavy atom. The van der Waals surface area contributed by atoms with Gasteiger partial charge in [0.2, 0.25) is 0 Å². The van der Waals surface area contributed by atoms with E-state index in [0.717, 1.165) is 50.5 Å². The predicted molar refractivity (Wildman–Crippen MR) is 223 cm³/mol. The maximum atomic E-state index is 6.89. The molecule has 2 heterocycles. The van der Waals surface area contributed by atoms with E-state index < -0.39 is 0 Å². The van der Waals surface area contributed by atoms with Crippen LogP contribution in [0.5, 0.6) is 23.0 Å². The van der Waals surface area contributed by atoms with Gasteiger partial charge in [-0.3, -0.25) is 0 Å². The second kappa shape index (κ2) is 10.8. The molecule has 0 atom stereocenters. The summed E-state index contributed by atoms with van der Waals surface area (Å²) in [5, 5.41) is 12.9. The molecule has 0 saturated heterocycles. The van der Waals surface area contributed by atoms with Crippen LogP contribution in [0.15, 0.2) is 176 Å². The average molecular weight is 673 g/mol. The van der Waals surface area contributed by atoms with E-state index in [1.807, 2.05) is 18.2 Å². The first-order chi connectivity index (χ1) is 26.3. The number of ether oxygens (including phenoxy) is 2. The summed E-state index contributed by atoms with van der Waals surface area (Å²) in [6.45, 7) is 0.0215. The summed E-state index contributed by atoms with van der Waals surface area (Å²) in [7, 11) is 0. The Kier molecular flexibility index (Phi) is 5.89. The van der Waals surface area contributed by atoms with Gasteiger partial charge in [0.25, 0.3) is 6.71 Å². The van der Waals surface area contributed by atoms with E-state index >= 15 is 0 Å². The SMILES string of the molecule is c1ccc2c(c1)Oc1cccc3c1B2c1cccc(-c2ccccc2-c2ccc4c(c2)c2ccccc2c2c5ccccc5c5ccccc5c42)c1O3. The lowest BCUT2D eigenvalue weighted by molar-refractivity contribution is 0.465. The largest absolute Gasteiger partial charge is 0.458 e. The molecule has 0 unspecified atom stereocenters. The van der Waals surface area contributed by atoms with Crippen molar-refractivity contribution in [1.29, 1.82) is 0 Å². The molecule has 0 amide bonds. The predicted octanol–water partition coefficient (Wildman–Crippen LogP) is 11.5. The number of hydrogen-bond acceptors (Lipinski definition) is 2. The molecule has 0 bridgehead atoms. The summed E-state index contributed by atoms with van der Waals surface area (Å²) in [6.07, 6.45) is 0. The zero-order chi connectivity index (χ0) is 34.6. The minimum atomic E-state index is 0.0215. The smallest absolute Gasteiger partial charge is 0.260 e. The Morgan fingerprint density at radius 2 is 0.811 bits per heavy atom. The van der Waals surface area contributed by atoms with Gasteiger partial charge in [-0.25, -0.2) is 0 Å². The van der Waals surface area contributed by atoms with Crippen molar-refractivity contribution >= 4 is 77.0 Å². The summed E-state index contributed by atoms with van der Waals surface area (Å²) < 4.78 is 13.3. The van der Waals surface area contributed by atoms with Crippen LogP contribution in [0, 0.1) is 0 Å². The molecular weight excluding hydrogens is 643 g/mol. The van der Waals surface area contributed by atoms with Crippen LogP contribution in [0.25, 0.3) is 76.1 Å². The monoisotopic (exact) mass is 672 g/mol. The fourth-order valence-electron chi connectivity index (χ4n) is 9.37. The van der Waals surface area contributed by atoms with Crippen LogP contribution in [0.3, 0.4) is 0 Å². The van der Waals surface area contributed by atoms with E-state index in [4.69, 9.17) is 9.47 Å². The van der Waals surface area contributed by atoms with Gasteiger partial charge in [0.1, 0.15) is 23.0 Å². The highest BCUT2D eigenvalue weighted by molar-refractivity contribution is 6.98. The summed E-state index contributed by atoms with van der Waals surface area (Å²) in [5.74, 6) is 3.52. The maximum Gasteiger partial charge on any atom is 0.260 e. The standard InChI is InChI=1S/C50H29BO2/c1-2-14-32(40-21-11-23-43-50(40)53-46-26-12-25-45-49(46)51(43)42-22-9-10-24-44(42)52-45)31(13-1)30-27-28-39-41(29-30)35-17-5-8-20-38(35)47-36-18-6-3-15-33(36)34-16-4-7-19-37(34)48(39)47/h1-29H. The Bertz CT molecular complexity index is 3200. The molecule has 0 spiro atoms. The molecule has 10 aromatic rings.